The van der Waals surface area contributed by atoms with Crippen LogP contribution in [-0.2, 0) is 4.74 Å². The Hall–Kier alpha value is -3.03. The topological polar surface area (TPSA) is 116 Å². The minimum absolute atomic E-state index is 0.192. The number of hydrogen-bond acceptors (Lipinski definition) is 4. The third-order valence-electron chi connectivity index (χ3n) is 3.28. The van der Waals surface area contributed by atoms with E-state index in [1.54, 1.807) is 39.1 Å². The van der Waals surface area contributed by atoms with Crippen LogP contribution in [0.4, 0.5) is 0 Å². The molecule has 0 spiro atoms. The van der Waals surface area contributed by atoms with Crippen LogP contribution in [0.1, 0.15) is 49.5 Å². The molecule has 0 bridgehead atoms. The molecule has 2 aromatic heterocycles. The number of esters is 1. The van der Waals surface area contributed by atoms with Gasteiger partial charge in [-0.25, -0.2) is 4.79 Å². The van der Waals surface area contributed by atoms with Crippen LogP contribution in [0.5, 0.6) is 0 Å². The summed E-state index contributed by atoms with van der Waals surface area (Å²) >= 11 is 0. The maximum Gasteiger partial charge on any atom is 0.340 e. The molecule has 2 aromatic rings. The molecule has 8 nitrogen and oxygen atoms in total. The maximum atomic E-state index is 12.2. The lowest BCUT2D eigenvalue weighted by atomic mass is 10.1. The summed E-state index contributed by atoms with van der Waals surface area (Å²) in [6.07, 6.45) is 1.60. The van der Waals surface area contributed by atoms with Crippen molar-refractivity contribution in [3.63, 3.8) is 0 Å². The lowest BCUT2D eigenvalue weighted by molar-refractivity contribution is 0.0525. The number of aromatic amines is 2. The highest BCUT2D eigenvalue weighted by Crippen LogP contribution is 2.18. The molecule has 8 heteroatoms. The zero-order chi connectivity index (χ0) is 17.0. The number of H-pyrrole nitrogens is 2. The van der Waals surface area contributed by atoms with Crippen molar-refractivity contribution in [1.82, 2.24) is 20.8 Å². The van der Waals surface area contributed by atoms with E-state index in [1.165, 1.54) is 0 Å². The first-order chi connectivity index (χ1) is 11.0. The van der Waals surface area contributed by atoms with Crippen LogP contribution >= 0.6 is 0 Å². The summed E-state index contributed by atoms with van der Waals surface area (Å²) in [4.78, 5) is 41.4. The smallest absolute Gasteiger partial charge is 0.340 e. The van der Waals surface area contributed by atoms with Crippen molar-refractivity contribution in [2.75, 3.05) is 6.61 Å². The molecule has 0 radical (unpaired) electrons. The summed E-state index contributed by atoms with van der Waals surface area (Å²) in [5.74, 6) is -1.52. The minimum Gasteiger partial charge on any atom is -0.462 e. The van der Waals surface area contributed by atoms with E-state index in [0.29, 0.717) is 22.5 Å². The van der Waals surface area contributed by atoms with E-state index in [4.69, 9.17) is 4.74 Å². The van der Waals surface area contributed by atoms with Crippen molar-refractivity contribution in [3.05, 3.63) is 46.5 Å². The molecule has 2 rings (SSSR count). The minimum atomic E-state index is -0.555. The van der Waals surface area contributed by atoms with E-state index in [1.807, 2.05) is 0 Å². The van der Waals surface area contributed by atoms with Gasteiger partial charge in [-0.05, 0) is 38.5 Å². The van der Waals surface area contributed by atoms with Crippen LogP contribution in [0, 0.1) is 13.8 Å². The molecule has 0 saturated carbocycles. The zero-order valence-electron chi connectivity index (χ0n) is 13.1. The van der Waals surface area contributed by atoms with Crippen molar-refractivity contribution < 1.29 is 19.1 Å². The Morgan fingerprint density at radius 3 is 2.48 bits per heavy atom. The van der Waals surface area contributed by atoms with Crippen molar-refractivity contribution in [2.24, 2.45) is 0 Å². The Bertz CT molecular complexity index is 731. The Labute approximate surface area is 132 Å². The average Bonchev–Trinajstić information content (AvgIpc) is 3.13. The number of nitrogens with one attached hydrogen (secondary N) is 4. The third-order valence-corrected chi connectivity index (χ3v) is 3.28. The molecule has 4 N–H and O–H groups in total. The first kappa shape index (κ1) is 16.3. The summed E-state index contributed by atoms with van der Waals surface area (Å²) in [6, 6.07) is 3.24. The molecule has 23 heavy (non-hydrogen) atoms. The Balaban J connectivity index is 2.09. The highest BCUT2D eigenvalue weighted by Gasteiger charge is 2.23. The van der Waals surface area contributed by atoms with Crippen LogP contribution in [0.2, 0.25) is 0 Å². The molecule has 0 aliphatic rings. The number of hydrogen-bond donors (Lipinski definition) is 4. The van der Waals surface area contributed by atoms with Crippen molar-refractivity contribution in [3.8, 4) is 0 Å². The fourth-order valence-corrected chi connectivity index (χ4v) is 2.20. The Morgan fingerprint density at radius 2 is 1.87 bits per heavy atom. The first-order valence-electron chi connectivity index (χ1n) is 7.06. The van der Waals surface area contributed by atoms with Gasteiger partial charge >= 0.3 is 5.97 Å². The van der Waals surface area contributed by atoms with Crippen molar-refractivity contribution in [2.45, 2.75) is 20.8 Å². The lowest BCUT2D eigenvalue weighted by Crippen LogP contribution is -2.42. The van der Waals surface area contributed by atoms with Gasteiger partial charge in [0.15, 0.2) is 0 Å². The largest absolute Gasteiger partial charge is 0.462 e. The monoisotopic (exact) mass is 318 g/mol. The van der Waals surface area contributed by atoms with Crippen LogP contribution in [0.3, 0.4) is 0 Å². The Morgan fingerprint density at radius 1 is 1.17 bits per heavy atom. The van der Waals surface area contributed by atoms with E-state index < -0.39 is 17.8 Å². The molecular formula is C15H18N4O4. The van der Waals surface area contributed by atoms with E-state index in [0.717, 1.165) is 0 Å². The van der Waals surface area contributed by atoms with Crippen molar-refractivity contribution >= 4 is 17.8 Å². The predicted molar refractivity (Wildman–Crippen MR) is 81.9 cm³/mol. The van der Waals surface area contributed by atoms with Gasteiger partial charge in [0.1, 0.15) is 11.4 Å². The number of hydrazine groups is 1. The van der Waals surface area contributed by atoms with Gasteiger partial charge in [-0.3, -0.25) is 20.4 Å². The highest BCUT2D eigenvalue weighted by molar-refractivity contribution is 6.02. The number of ether oxygens (including phenoxy) is 1. The summed E-state index contributed by atoms with van der Waals surface area (Å²) in [5.41, 5.74) is 6.42. The summed E-state index contributed by atoms with van der Waals surface area (Å²) in [7, 11) is 0. The van der Waals surface area contributed by atoms with Crippen molar-refractivity contribution in [1.29, 1.82) is 0 Å². The average molecular weight is 318 g/mol. The van der Waals surface area contributed by atoms with Crippen LogP contribution in [-0.4, -0.2) is 34.4 Å². The van der Waals surface area contributed by atoms with Crippen LogP contribution < -0.4 is 10.9 Å². The van der Waals surface area contributed by atoms with Gasteiger partial charge < -0.3 is 14.7 Å². The molecule has 0 unspecified atom stereocenters. The summed E-state index contributed by atoms with van der Waals surface area (Å²) in [6.45, 7) is 5.26. The zero-order valence-corrected chi connectivity index (χ0v) is 13.1. The Kier molecular flexibility index (Phi) is 4.85. The molecule has 2 amide bonds. The second-order valence-electron chi connectivity index (χ2n) is 4.84. The first-order valence-corrected chi connectivity index (χ1v) is 7.06. The molecule has 122 valence electrons. The van der Waals surface area contributed by atoms with Crippen LogP contribution in [0.25, 0.3) is 0 Å². The van der Waals surface area contributed by atoms with Gasteiger partial charge in [0.25, 0.3) is 11.8 Å². The van der Waals surface area contributed by atoms with Gasteiger partial charge in [-0.15, -0.1) is 0 Å². The maximum absolute atomic E-state index is 12.2. The van der Waals surface area contributed by atoms with Gasteiger partial charge in [-0.2, -0.15) is 0 Å². The fourth-order valence-electron chi connectivity index (χ4n) is 2.20. The summed E-state index contributed by atoms with van der Waals surface area (Å²) in [5, 5.41) is 0. The van der Waals surface area contributed by atoms with Crippen LogP contribution in [0.15, 0.2) is 18.3 Å². The van der Waals surface area contributed by atoms with E-state index in [9.17, 15) is 14.4 Å². The highest BCUT2D eigenvalue weighted by atomic mass is 16.5. The second kappa shape index (κ2) is 6.82. The summed E-state index contributed by atoms with van der Waals surface area (Å²) < 4.78 is 4.97. The molecule has 0 saturated heterocycles. The number of carbonyl (C=O) groups is 3. The number of aromatic nitrogens is 2. The molecule has 0 atom stereocenters. The molecule has 0 aliphatic carbocycles. The SMILES string of the molecule is CCOC(=O)c1c(C)[nH]c(C(=O)NNC(=O)c2ccc[nH]2)c1C. The van der Waals surface area contributed by atoms with Gasteiger partial charge in [0, 0.05) is 11.9 Å². The number of aryl methyl sites for hydroxylation is 1. The normalized spacial score (nSPS) is 10.2. The molecule has 0 fully saturated rings. The predicted octanol–water partition coefficient (Wildman–Crippen LogP) is 1.21. The van der Waals surface area contributed by atoms with Gasteiger partial charge in [-0.1, -0.05) is 0 Å². The number of amides is 2. The van der Waals surface area contributed by atoms with E-state index in [2.05, 4.69) is 20.8 Å². The van der Waals surface area contributed by atoms with E-state index >= 15 is 0 Å². The molecular weight excluding hydrogens is 300 g/mol. The lowest BCUT2D eigenvalue weighted by Gasteiger charge is -2.06. The number of carbonyl (C=O) groups excluding carboxylic acids is 3. The molecule has 2 heterocycles. The number of rotatable bonds is 4. The molecule has 0 aliphatic heterocycles. The third kappa shape index (κ3) is 3.42. The van der Waals surface area contributed by atoms with Gasteiger partial charge in [0.2, 0.25) is 0 Å². The van der Waals surface area contributed by atoms with E-state index in [-0.39, 0.29) is 12.3 Å². The van der Waals surface area contributed by atoms with Gasteiger partial charge in [0.05, 0.1) is 12.2 Å². The quantitative estimate of drug-likeness (QED) is 0.501. The molecule has 0 aromatic carbocycles. The fraction of sp³-hybridized carbons (Fsp3) is 0.267. The standard InChI is InChI=1S/C15H18N4O4/c1-4-23-15(22)11-8(2)12(17-9(11)3)14(21)19-18-13(20)10-6-5-7-16-10/h5-7,16-17H,4H2,1-3H3,(H,18,20)(H,19,21). The second-order valence-corrected chi connectivity index (χ2v) is 4.84.